The van der Waals surface area contributed by atoms with Gasteiger partial charge in [-0.2, -0.15) is 0 Å². The zero-order chi connectivity index (χ0) is 20.9. The lowest BCUT2D eigenvalue weighted by molar-refractivity contribution is -0.274. The number of ether oxygens (including phenoxy) is 2. The zero-order valence-corrected chi connectivity index (χ0v) is 15.9. The number of anilines is 1. The first kappa shape index (κ1) is 21.6. The second kappa shape index (κ2) is 8.57. The predicted octanol–water partition coefficient (Wildman–Crippen LogP) is 3.96. The molecule has 1 aliphatic heterocycles. The molecule has 0 saturated carbocycles. The van der Waals surface area contributed by atoms with Gasteiger partial charge in [-0.15, -0.1) is 13.2 Å². The number of hydrogen-bond acceptors (Lipinski definition) is 4. The molecule has 10 heteroatoms. The van der Waals surface area contributed by atoms with Gasteiger partial charge in [-0.05, 0) is 57.4 Å². The fourth-order valence-corrected chi connectivity index (χ4v) is 2.64. The maximum atomic E-state index is 12.1. The van der Waals surface area contributed by atoms with Gasteiger partial charge in [-0.3, -0.25) is 0 Å². The third kappa shape index (κ3) is 7.53. The molecule has 28 heavy (non-hydrogen) atoms. The highest BCUT2D eigenvalue weighted by atomic mass is 19.4. The second-order valence-electron chi connectivity index (χ2n) is 7.49. The van der Waals surface area contributed by atoms with E-state index >= 15 is 0 Å². The molecule has 0 bridgehead atoms. The molecule has 1 aliphatic rings. The maximum absolute atomic E-state index is 12.1. The summed E-state index contributed by atoms with van der Waals surface area (Å²) in [6.07, 6.45) is -4.40. The molecule has 2 rings (SSSR count). The van der Waals surface area contributed by atoms with E-state index in [9.17, 15) is 22.8 Å². The molecule has 1 atom stereocenters. The Kier molecular flexibility index (Phi) is 6.63. The summed E-state index contributed by atoms with van der Waals surface area (Å²) in [5.74, 6) is -0.271. The number of halogens is 3. The van der Waals surface area contributed by atoms with E-state index in [1.807, 2.05) is 0 Å². The van der Waals surface area contributed by atoms with Gasteiger partial charge in [0.15, 0.2) is 0 Å². The fourth-order valence-electron chi connectivity index (χ4n) is 2.64. The van der Waals surface area contributed by atoms with Crippen molar-refractivity contribution in [1.29, 1.82) is 0 Å². The molecule has 0 aliphatic carbocycles. The fraction of sp³-hybridized carbons (Fsp3) is 0.556. The highest BCUT2D eigenvalue weighted by Crippen LogP contribution is 2.24. The maximum Gasteiger partial charge on any atom is 0.573 e. The van der Waals surface area contributed by atoms with Crippen LogP contribution in [0.2, 0.25) is 0 Å². The minimum Gasteiger partial charge on any atom is -0.444 e. The predicted molar refractivity (Wildman–Crippen MR) is 96.1 cm³/mol. The van der Waals surface area contributed by atoms with Gasteiger partial charge in [0.25, 0.3) is 0 Å². The van der Waals surface area contributed by atoms with Crippen LogP contribution in [0.1, 0.15) is 27.2 Å². The van der Waals surface area contributed by atoms with Crippen LogP contribution in [-0.4, -0.2) is 48.6 Å². The van der Waals surface area contributed by atoms with Gasteiger partial charge >= 0.3 is 18.5 Å². The lowest BCUT2D eigenvalue weighted by Gasteiger charge is -2.24. The molecule has 1 saturated heterocycles. The Hall–Kier alpha value is -2.65. The lowest BCUT2D eigenvalue weighted by Crippen LogP contribution is -2.37. The first-order valence-corrected chi connectivity index (χ1v) is 8.80. The van der Waals surface area contributed by atoms with Crippen molar-refractivity contribution >= 4 is 17.8 Å². The summed E-state index contributed by atoms with van der Waals surface area (Å²) >= 11 is 0. The number of urea groups is 1. The molecular formula is C18H24F3N3O4. The summed E-state index contributed by atoms with van der Waals surface area (Å²) in [5.41, 5.74) is -0.234. The van der Waals surface area contributed by atoms with Gasteiger partial charge in [0.2, 0.25) is 0 Å². The summed E-state index contributed by atoms with van der Waals surface area (Å²) in [6.45, 7) is 6.80. The van der Waals surface area contributed by atoms with Crippen LogP contribution in [0.5, 0.6) is 5.75 Å². The average Bonchev–Trinajstić information content (AvgIpc) is 3.01. The molecular weight excluding hydrogens is 379 g/mol. The number of carbonyl (C=O) groups is 2. The van der Waals surface area contributed by atoms with Crippen molar-refractivity contribution in [2.75, 3.05) is 25.0 Å². The van der Waals surface area contributed by atoms with Crippen LogP contribution in [0, 0.1) is 5.92 Å². The van der Waals surface area contributed by atoms with Crippen LogP contribution < -0.4 is 15.4 Å². The van der Waals surface area contributed by atoms with Crippen LogP contribution >= 0.6 is 0 Å². The van der Waals surface area contributed by atoms with Crippen molar-refractivity contribution in [3.05, 3.63) is 24.3 Å². The molecule has 0 radical (unpaired) electrons. The standard InChI is InChI=1S/C18H24F3N3O4/c1-17(2,3)28-16(26)24-9-8-12(11-24)10-22-15(25)23-13-4-6-14(7-5-13)27-18(19,20)21/h4-7,12H,8-11H2,1-3H3,(H2,22,23,25). The Morgan fingerprint density at radius 1 is 1.18 bits per heavy atom. The average molecular weight is 403 g/mol. The van der Waals surface area contributed by atoms with Crippen molar-refractivity contribution in [1.82, 2.24) is 10.2 Å². The summed E-state index contributed by atoms with van der Waals surface area (Å²) in [7, 11) is 0. The number of hydrogen-bond donors (Lipinski definition) is 2. The van der Waals surface area contributed by atoms with E-state index in [1.54, 1.807) is 25.7 Å². The quantitative estimate of drug-likeness (QED) is 0.798. The smallest absolute Gasteiger partial charge is 0.444 e. The van der Waals surface area contributed by atoms with Crippen LogP contribution in [0.4, 0.5) is 28.4 Å². The first-order chi connectivity index (χ1) is 12.9. The van der Waals surface area contributed by atoms with E-state index in [0.717, 1.165) is 18.6 Å². The van der Waals surface area contributed by atoms with Crippen molar-refractivity contribution in [3.63, 3.8) is 0 Å². The number of benzene rings is 1. The topological polar surface area (TPSA) is 79.9 Å². The Balaban J connectivity index is 1.74. The number of carbonyl (C=O) groups excluding carboxylic acids is 2. The summed E-state index contributed by atoms with van der Waals surface area (Å²) in [6, 6.07) is 4.35. The molecule has 1 aromatic carbocycles. The molecule has 0 spiro atoms. The number of nitrogens with zero attached hydrogens (tertiary/aromatic N) is 1. The zero-order valence-electron chi connectivity index (χ0n) is 15.9. The minimum atomic E-state index is -4.76. The van der Waals surface area contributed by atoms with Gasteiger partial charge in [0, 0.05) is 25.3 Å². The third-order valence-electron chi connectivity index (χ3n) is 3.83. The molecule has 1 fully saturated rings. The van der Waals surface area contributed by atoms with E-state index < -0.39 is 18.0 Å². The van der Waals surface area contributed by atoms with Crippen molar-refractivity contribution in [2.45, 2.75) is 39.2 Å². The highest BCUT2D eigenvalue weighted by molar-refractivity contribution is 5.89. The Labute approximate surface area is 161 Å². The highest BCUT2D eigenvalue weighted by Gasteiger charge is 2.31. The summed E-state index contributed by atoms with van der Waals surface area (Å²) in [5, 5.41) is 5.22. The Morgan fingerprint density at radius 3 is 2.39 bits per heavy atom. The largest absolute Gasteiger partial charge is 0.573 e. The molecule has 0 aromatic heterocycles. The van der Waals surface area contributed by atoms with Gasteiger partial charge in [-0.1, -0.05) is 0 Å². The molecule has 3 amide bonds. The van der Waals surface area contributed by atoms with Gasteiger partial charge in [-0.25, -0.2) is 9.59 Å². The van der Waals surface area contributed by atoms with E-state index in [-0.39, 0.29) is 17.8 Å². The van der Waals surface area contributed by atoms with E-state index in [1.165, 1.54) is 12.1 Å². The second-order valence-corrected chi connectivity index (χ2v) is 7.49. The normalized spacial score (nSPS) is 17.2. The van der Waals surface area contributed by atoms with E-state index in [2.05, 4.69) is 15.4 Å². The molecule has 7 nitrogen and oxygen atoms in total. The number of likely N-dealkylation sites (tertiary alicyclic amines) is 1. The van der Waals surface area contributed by atoms with Crippen molar-refractivity contribution < 1.29 is 32.2 Å². The van der Waals surface area contributed by atoms with Crippen LogP contribution in [0.25, 0.3) is 0 Å². The van der Waals surface area contributed by atoms with Gasteiger partial charge in [0.05, 0.1) is 0 Å². The molecule has 1 heterocycles. The van der Waals surface area contributed by atoms with Crippen LogP contribution in [-0.2, 0) is 4.74 Å². The molecule has 2 N–H and O–H groups in total. The lowest BCUT2D eigenvalue weighted by atomic mass is 10.1. The monoisotopic (exact) mass is 403 g/mol. The van der Waals surface area contributed by atoms with Crippen LogP contribution in [0.15, 0.2) is 24.3 Å². The van der Waals surface area contributed by atoms with E-state index in [4.69, 9.17) is 4.74 Å². The Bertz CT molecular complexity index is 687. The number of rotatable bonds is 4. The third-order valence-corrected chi connectivity index (χ3v) is 3.83. The number of nitrogens with one attached hydrogen (secondary N) is 2. The Morgan fingerprint density at radius 2 is 1.82 bits per heavy atom. The number of alkyl halides is 3. The van der Waals surface area contributed by atoms with Crippen molar-refractivity contribution in [2.24, 2.45) is 5.92 Å². The van der Waals surface area contributed by atoms with Crippen molar-refractivity contribution in [3.8, 4) is 5.75 Å². The van der Waals surface area contributed by atoms with Gasteiger partial charge < -0.3 is 25.0 Å². The molecule has 156 valence electrons. The molecule has 1 unspecified atom stereocenters. The first-order valence-electron chi connectivity index (χ1n) is 8.80. The summed E-state index contributed by atoms with van der Waals surface area (Å²) < 4.78 is 45.5. The van der Waals surface area contributed by atoms with Gasteiger partial charge in [0.1, 0.15) is 11.4 Å². The summed E-state index contributed by atoms with van der Waals surface area (Å²) in [4.78, 5) is 25.6. The minimum absolute atomic E-state index is 0.0980. The SMILES string of the molecule is CC(C)(C)OC(=O)N1CCC(CNC(=O)Nc2ccc(OC(F)(F)F)cc2)C1. The molecule has 1 aromatic rings. The van der Waals surface area contributed by atoms with Crippen LogP contribution in [0.3, 0.4) is 0 Å². The van der Waals surface area contributed by atoms with E-state index in [0.29, 0.717) is 25.3 Å². The number of amides is 3.